The fourth-order valence-corrected chi connectivity index (χ4v) is 1.87. The highest BCUT2D eigenvalue weighted by molar-refractivity contribution is 7.13. The van der Waals surface area contributed by atoms with E-state index in [0.717, 1.165) is 0 Å². The number of carboxylic acid groups (broad SMARTS) is 1. The highest BCUT2D eigenvalue weighted by Crippen LogP contribution is 2.21. The van der Waals surface area contributed by atoms with Crippen LogP contribution in [-0.4, -0.2) is 16.1 Å². The van der Waals surface area contributed by atoms with Crippen molar-refractivity contribution in [2.45, 2.75) is 0 Å². The van der Waals surface area contributed by atoms with Gasteiger partial charge in [0.05, 0.1) is 5.56 Å². The molecule has 2 rings (SSSR count). The predicted molar refractivity (Wildman–Crippen MR) is 53.5 cm³/mol. The van der Waals surface area contributed by atoms with Crippen molar-refractivity contribution in [3.05, 3.63) is 40.8 Å². The van der Waals surface area contributed by atoms with Gasteiger partial charge in [0.2, 0.25) is 0 Å². The molecule has 0 aromatic carbocycles. The molecule has 0 aliphatic rings. The van der Waals surface area contributed by atoms with E-state index in [1.807, 2.05) is 0 Å². The number of thiazole rings is 1. The molecule has 0 saturated heterocycles. The van der Waals surface area contributed by atoms with Gasteiger partial charge >= 0.3 is 5.97 Å². The number of aromatic nitrogens is 2. The van der Waals surface area contributed by atoms with Gasteiger partial charge in [-0.15, -0.1) is 11.3 Å². The van der Waals surface area contributed by atoms with E-state index in [9.17, 15) is 10.0 Å². The summed E-state index contributed by atoms with van der Waals surface area (Å²) < 4.78 is 0.650. The molecule has 15 heavy (non-hydrogen) atoms. The van der Waals surface area contributed by atoms with E-state index in [1.54, 1.807) is 12.1 Å². The number of carboxylic acids is 1. The summed E-state index contributed by atoms with van der Waals surface area (Å²) in [6, 6.07) is 3.29. The van der Waals surface area contributed by atoms with Crippen LogP contribution in [0.3, 0.4) is 0 Å². The van der Waals surface area contributed by atoms with Gasteiger partial charge in [0, 0.05) is 11.4 Å². The van der Waals surface area contributed by atoms with Crippen LogP contribution in [0.1, 0.15) is 10.5 Å². The zero-order valence-corrected chi connectivity index (χ0v) is 8.27. The number of rotatable bonds is 2. The van der Waals surface area contributed by atoms with E-state index < -0.39 is 5.97 Å². The minimum Gasteiger partial charge on any atom is -0.619 e. The molecule has 0 unspecified atom stereocenters. The fourth-order valence-electron chi connectivity index (χ4n) is 1.09. The van der Waals surface area contributed by atoms with Crippen molar-refractivity contribution in [2.75, 3.05) is 0 Å². The summed E-state index contributed by atoms with van der Waals surface area (Å²) in [6.07, 6.45) is 2.71. The SMILES string of the molecule is O=C(O)c1csc(-c2ccc[n+]([O-])c2)n1. The molecule has 2 heterocycles. The number of carbonyl (C=O) groups is 1. The Kier molecular flexibility index (Phi) is 2.34. The standard InChI is InChI=1S/C9H6N2O3S/c12-9(13)7-5-15-8(10-7)6-2-1-3-11(14)4-6/h1-5H,(H,12,13). The van der Waals surface area contributed by atoms with Crippen molar-refractivity contribution >= 4 is 17.3 Å². The Morgan fingerprint density at radius 3 is 3.00 bits per heavy atom. The fraction of sp³-hybridized carbons (Fsp3) is 0. The lowest BCUT2D eigenvalue weighted by molar-refractivity contribution is -0.604. The van der Waals surface area contributed by atoms with Crippen LogP contribution in [-0.2, 0) is 0 Å². The Bertz CT molecular complexity index is 510. The highest BCUT2D eigenvalue weighted by atomic mass is 32.1. The van der Waals surface area contributed by atoms with Crippen LogP contribution in [0.25, 0.3) is 10.6 Å². The van der Waals surface area contributed by atoms with Crippen molar-refractivity contribution < 1.29 is 14.6 Å². The molecule has 0 atom stereocenters. The molecular weight excluding hydrogens is 216 g/mol. The molecule has 76 valence electrons. The second-order valence-corrected chi connectivity index (χ2v) is 3.65. The van der Waals surface area contributed by atoms with Crippen LogP contribution >= 0.6 is 11.3 Å². The van der Waals surface area contributed by atoms with Gasteiger partial charge < -0.3 is 10.3 Å². The first-order valence-corrected chi connectivity index (χ1v) is 4.93. The maximum Gasteiger partial charge on any atom is 0.355 e. The van der Waals surface area contributed by atoms with Gasteiger partial charge in [-0.05, 0) is 6.07 Å². The van der Waals surface area contributed by atoms with E-state index in [1.165, 1.54) is 29.1 Å². The number of aromatic carboxylic acids is 1. The quantitative estimate of drug-likeness (QED) is 0.610. The Hall–Kier alpha value is -1.95. The molecule has 0 aliphatic carbocycles. The molecule has 2 aromatic rings. The van der Waals surface area contributed by atoms with Gasteiger partial charge in [-0.2, -0.15) is 4.73 Å². The molecule has 0 fully saturated rings. The van der Waals surface area contributed by atoms with Crippen LogP contribution in [0.15, 0.2) is 29.9 Å². The Balaban J connectivity index is 2.41. The third-order valence-corrected chi connectivity index (χ3v) is 2.64. The summed E-state index contributed by atoms with van der Waals surface area (Å²) in [6.45, 7) is 0. The van der Waals surface area contributed by atoms with Gasteiger partial charge in [-0.1, -0.05) is 0 Å². The predicted octanol–water partition coefficient (Wildman–Crippen LogP) is 1.14. The normalized spacial score (nSPS) is 10.1. The first-order chi connectivity index (χ1) is 7.16. The van der Waals surface area contributed by atoms with Crippen molar-refractivity contribution in [3.63, 3.8) is 0 Å². The first kappa shape index (κ1) is 9.60. The van der Waals surface area contributed by atoms with Crippen LogP contribution in [0.2, 0.25) is 0 Å². The molecular formula is C9H6N2O3S. The summed E-state index contributed by atoms with van der Waals surface area (Å²) in [7, 11) is 0. The van der Waals surface area contributed by atoms with Gasteiger partial charge in [-0.3, -0.25) is 0 Å². The Morgan fingerprint density at radius 1 is 1.60 bits per heavy atom. The van der Waals surface area contributed by atoms with E-state index in [0.29, 0.717) is 15.3 Å². The maximum absolute atomic E-state index is 11.0. The zero-order valence-electron chi connectivity index (χ0n) is 7.45. The third kappa shape index (κ3) is 1.94. The summed E-state index contributed by atoms with van der Waals surface area (Å²) in [5.41, 5.74) is 0.612. The molecule has 0 radical (unpaired) electrons. The van der Waals surface area contributed by atoms with Gasteiger partial charge in [0.25, 0.3) is 0 Å². The summed E-state index contributed by atoms with van der Waals surface area (Å²) in [5.74, 6) is -1.07. The van der Waals surface area contributed by atoms with Crippen molar-refractivity contribution in [2.24, 2.45) is 0 Å². The van der Waals surface area contributed by atoms with E-state index in [-0.39, 0.29) is 5.69 Å². The van der Waals surface area contributed by atoms with Crippen molar-refractivity contribution in [1.29, 1.82) is 0 Å². The van der Waals surface area contributed by atoms with Crippen LogP contribution in [0.5, 0.6) is 0 Å². The maximum atomic E-state index is 11.0. The molecule has 0 amide bonds. The molecule has 2 aromatic heterocycles. The Labute approximate surface area is 88.8 Å². The molecule has 6 heteroatoms. The molecule has 5 nitrogen and oxygen atoms in total. The monoisotopic (exact) mass is 222 g/mol. The van der Waals surface area contributed by atoms with Crippen LogP contribution < -0.4 is 4.73 Å². The molecule has 0 aliphatic heterocycles. The lowest BCUT2D eigenvalue weighted by Gasteiger charge is -1.96. The van der Waals surface area contributed by atoms with E-state index >= 15 is 0 Å². The largest absolute Gasteiger partial charge is 0.619 e. The Morgan fingerprint density at radius 2 is 2.40 bits per heavy atom. The second kappa shape index (κ2) is 3.66. The van der Waals surface area contributed by atoms with Gasteiger partial charge in [-0.25, -0.2) is 9.78 Å². The second-order valence-electron chi connectivity index (χ2n) is 2.80. The van der Waals surface area contributed by atoms with Gasteiger partial charge in [0.1, 0.15) is 5.01 Å². The van der Waals surface area contributed by atoms with Gasteiger partial charge in [0.15, 0.2) is 18.1 Å². The lowest BCUT2D eigenvalue weighted by atomic mass is 10.3. The smallest absolute Gasteiger partial charge is 0.355 e. The zero-order chi connectivity index (χ0) is 10.8. The number of nitrogens with zero attached hydrogens (tertiary/aromatic N) is 2. The van der Waals surface area contributed by atoms with Crippen molar-refractivity contribution in [3.8, 4) is 10.6 Å². The minimum absolute atomic E-state index is 0.00342. The van der Waals surface area contributed by atoms with E-state index in [2.05, 4.69) is 4.98 Å². The first-order valence-electron chi connectivity index (χ1n) is 4.05. The molecule has 0 spiro atoms. The summed E-state index contributed by atoms with van der Waals surface area (Å²) in [4.78, 5) is 14.5. The highest BCUT2D eigenvalue weighted by Gasteiger charge is 2.11. The molecule has 0 bridgehead atoms. The lowest BCUT2D eigenvalue weighted by Crippen LogP contribution is -2.23. The van der Waals surface area contributed by atoms with E-state index in [4.69, 9.17) is 5.11 Å². The average Bonchev–Trinajstić information content (AvgIpc) is 2.66. The minimum atomic E-state index is -1.07. The number of hydrogen-bond donors (Lipinski definition) is 1. The topological polar surface area (TPSA) is 77.1 Å². The van der Waals surface area contributed by atoms with Crippen LogP contribution in [0, 0.1) is 5.21 Å². The molecule has 0 saturated carbocycles. The number of pyridine rings is 1. The summed E-state index contributed by atoms with van der Waals surface area (Å²) >= 11 is 1.20. The molecule has 1 N–H and O–H groups in total. The summed E-state index contributed by atoms with van der Waals surface area (Å²) in [5, 5.41) is 21.6. The third-order valence-electron chi connectivity index (χ3n) is 1.75. The average molecular weight is 222 g/mol. The van der Waals surface area contributed by atoms with Crippen molar-refractivity contribution in [1.82, 2.24) is 4.98 Å². The van der Waals surface area contributed by atoms with Crippen LogP contribution in [0.4, 0.5) is 0 Å². The number of hydrogen-bond acceptors (Lipinski definition) is 4.